The molecule has 112 valence electrons. The molecule has 0 saturated carbocycles. The van der Waals surface area contributed by atoms with Crippen molar-refractivity contribution >= 4 is 11.8 Å². The molecule has 0 aromatic rings. The summed E-state index contributed by atoms with van der Waals surface area (Å²) in [6, 6.07) is -0.488. The van der Waals surface area contributed by atoms with Gasteiger partial charge in [0.15, 0.2) is 0 Å². The van der Waals surface area contributed by atoms with Crippen molar-refractivity contribution in [2.75, 3.05) is 27.7 Å². The number of carbonyl (C=O) groups excluding carboxylic acids is 2. The van der Waals surface area contributed by atoms with Crippen LogP contribution < -0.4 is 11.1 Å². The van der Waals surface area contributed by atoms with Crippen LogP contribution in [0.5, 0.6) is 0 Å². The highest BCUT2D eigenvalue weighted by Crippen LogP contribution is 2.07. The molecule has 2 unspecified atom stereocenters. The normalized spacial score (nSPS) is 14.1. The first-order valence-electron chi connectivity index (χ1n) is 6.55. The SMILES string of the molecule is COC(CN)CC(=O)NC(CC(C)C)C(=O)N(C)C. The second-order valence-corrected chi connectivity index (χ2v) is 5.28. The van der Waals surface area contributed by atoms with Crippen LogP contribution in [0.15, 0.2) is 0 Å². The first kappa shape index (κ1) is 17.9. The van der Waals surface area contributed by atoms with Gasteiger partial charge in [0, 0.05) is 27.7 Å². The summed E-state index contributed by atoms with van der Waals surface area (Å²) in [4.78, 5) is 25.4. The molecule has 0 rings (SSSR count). The van der Waals surface area contributed by atoms with Crippen molar-refractivity contribution in [1.29, 1.82) is 0 Å². The van der Waals surface area contributed by atoms with Gasteiger partial charge in [0.25, 0.3) is 0 Å². The van der Waals surface area contributed by atoms with Gasteiger partial charge in [-0.15, -0.1) is 0 Å². The summed E-state index contributed by atoms with van der Waals surface area (Å²) in [6.07, 6.45) is 0.472. The van der Waals surface area contributed by atoms with Gasteiger partial charge in [0.05, 0.1) is 12.5 Å². The van der Waals surface area contributed by atoms with E-state index in [1.54, 1.807) is 14.1 Å². The van der Waals surface area contributed by atoms with Crippen molar-refractivity contribution in [3.8, 4) is 0 Å². The highest BCUT2D eigenvalue weighted by atomic mass is 16.5. The van der Waals surface area contributed by atoms with Crippen molar-refractivity contribution in [1.82, 2.24) is 10.2 Å². The number of hydrogen-bond donors (Lipinski definition) is 2. The number of rotatable bonds is 8. The van der Waals surface area contributed by atoms with Gasteiger partial charge in [-0.1, -0.05) is 13.8 Å². The fourth-order valence-electron chi connectivity index (χ4n) is 1.73. The average molecular weight is 273 g/mol. The smallest absolute Gasteiger partial charge is 0.244 e. The van der Waals surface area contributed by atoms with E-state index in [0.717, 1.165) is 0 Å². The second kappa shape index (κ2) is 8.87. The van der Waals surface area contributed by atoms with Gasteiger partial charge in [-0.2, -0.15) is 0 Å². The molecule has 0 aliphatic rings. The molecule has 19 heavy (non-hydrogen) atoms. The van der Waals surface area contributed by atoms with Gasteiger partial charge >= 0.3 is 0 Å². The third-order valence-corrected chi connectivity index (χ3v) is 2.79. The van der Waals surface area contributed by atoms with E-state index in [9.17, 15) is 9.59 Å². The lowest BCUT2D eigenvalue weighted by atomic mass is 10.0. The number of carbonyl (C=O) groups is 2. The summed E-state index contributed by atoms with van der Waals surface area (Å²) < 4.78 is 5.06. The Hall–Kier alpha value is -1.14. The molecule has 0 fully saturated rings. The van der Waals surface area contributed by atoms with E-state index in [1.165, 1.54) is 12.0 Å². The minimum absolute atomic E-state index is 0.0937. The maximum Gasteiger partial charge on any atom is 0.244 e. The number of nitrogens with zero attached hydrogens (tertiary/aromatic N) is 1. The first-order valence-corrected chi connectivity index (χ1v) is 6.55. The molecule has 0 aromatic heterocycles. The molecular weight excluding hydrogens is 246 g/mol. The van der Waals surface area contributed by atoms with Gasteiger partial charge in [-0.05, 0) is 12.3 Å². The quantitative estimate of drug-likeness (QED) is 0.650. The summed E-state index contributed by atoms with van der Waals surface area (Å²) in [5.74, 6) is 0.0174. The summed E-state index contributed by atoms with van der Waals surface area (Å²) in [5, 5.41) is 2.76. The monoisotopic (exact) mass is 273 g/mol. The predicted octanol–water partition coefficient (Wildman–Crippen LogP) is -0.0307. The Labute approximate surface area is 115 Å². The van der Waals surface area contributed by atoms with E-state index in [0.29, 0.717) is 12.3 Å². The van der Waals surface area contributed by atoms with Crippen LogP contribution >= 0.6 is 0 Å². The van der Waals surface area contributed by atoms with Gasteiger partial charge in [0.2, 0.25) is 11.8 Å². The average Bonchev–Trinajstić information content (AvgIpc) is 2.33. The Kier molecular flexibility index (Phi) is 8.34. The number of likely N-dealkylation sites (N-methyl/N-ethyl adjacent to an activating group) is 1. The molecule has 0 radical (unpaired) electrons. The molecule has 3 N–H and O–H groups in total. The largest absolute Gasteiger partial charge is 0.380 e. The first-order chi connectivity index (χ1) is 8.81. The molecule has 0 aliphatic heterocycles. The Balaban J connectivity index is 4.55. The minimum Gasteiger partial charge on any atom is -0.380 e. The fourth-order valence-corrected chi connectivity index (χ4v) is 1.73. The van der Waals surface area contributed by atoms with Crippen molar-refractivity contribution < 1.29 is 14.3 Å². The van der Waals surface area contributed by atoms with Crippen molar-refractivity contribution in [2.45, 2.75) is 38.8 Å². The molecule has 0 heterocycles. The lowest BCUT2D eigenvalue weighted by Crippen LogP contribution is -2.47. The molecule has 0 aliphatic carbocycles. The molecule has 0 spiro atoms. The predicted molar refractivity (Wildman–Crippen MR) is 74.5 cm³/mol. The van der Waals surface area contributed by atoms with E-state index in [1.807, 2.05) is 13.8 Å². The number of methoxy groups -OCH3 is 1. The third kappa shape index (κ3) is 7.12. The van der Waals surface area contributed by atoms with Gasteiger partial charge in [-0.25, -0.2) is 0 Å². The highest BCUT2D eigenvalue weighted by Gasteiger charge is 2.24. The summed E-state index contributed by atoms with van der Waals surface area (Å²) >= 11 is 0. The number of hydrogen-bond acceptors (Lipinski definition) is 4. The maximum absolute atomic E-state index is 12.0. The van der Waals surface area contributed by atoms with Crippen molar-refractivity contribution in [3.63, 3.8) is 0 Å². The van der Waals surface area contributed by atoms with Crippen LogP contribution in [0.3, 0.4) is 0 Å². The minimum atomic E-state index is -0.488. The number of amides is 2. The third-order valence-electron chi connectivity index (χ3n) is 2.79. The van der Waals surface area contributed by atoms with E-state index >= 15 is 0 Å². The zero-order chi connectivity index (χ0) is 15.0. The van der Waals surface area contributed by atoms with Crippen molar-refractivity contribution in [3.05, 3.63) is 0 Å². The molecule has 0 aromatic carbocycles. The van der Waals surface area contributed by atoms with Crippen LogP contribution in [0.4, 0.5) is 0 Å². The molecule has 2 atom stereocenters. The Morgan fingerprint density at radius 1 is 1.32 bits per heavy atom. The summed E-state index contributed by atoms with van der Waals surface area (Å²) in [5.41, 5.74) is 5.47. The van der Waals surface area contributed by atoms with E-state index < -0.39 is 6.04 Å². The zero-order valence-electron chi connectivity index (χ0n) is 12.6. The van der Waals surface area contributed by atoms with Gasteiger partial charge < -0.3 is 20.7 Å². The standard InChI is InChI=1S/C13H27N3O3/c1-9(2)6-11(13(18)16(3)4)15-12(17)7-10(8-14)19-5/h9-11H,6-8,14H2,1-5H3,(H,15,17). The highest BCUT2D eigenvalue weighted by molar-refractivity contribution is 5.87. The van der Waals surface area contributed by atoms with Crippen LogP contribution in [0.1, 0.15) is 26.7 Å². The topological polar surface area (TPSA) is 84.7 Å². The van der Waals surface area contributed by atoms with Crippen LogP contribution in [0.2, 0.25) is 0 Å². The number of nitrogens with one attached hydrogen (secondary N) is 1. The van der Waals surface area contributed by atoms with Crippen LogP contribution in [-0.2, 0) is 14.3 Å². The van der Waals surface area contributed by atoms with E-state index in [4.69, 9.17) is 10.5 Å². The number of ether oxygens (including phenoxy) is 1. The van der Waals surface area contributed by atoms with Gasteiger partial charge in [0.1, 0.15) is 6.04 Å². The molecule has 0 bridgehead atoms. The second-order valence-electron chi connectivity index (χ2n) is 5.28. The van der Waals surface area contributed by atoms with Crippen LogP contribution in [0.25, 0.3) is 0 Å². The molecule has 0 saturated heterocycles. The maximum atomic E-state index is 12.0. The fraction of sp³-hybridized carbons (Fsp3) is 0.846. The Morgan fingerprint density at radius 3 is 2.26 bits per heavy atom. The lowest BCUT2D eigenvalue weighted by Gasteiger charge is -2.24. The summed E-state index contributed by atoms with van der Waals surface area (Å²) in [6.45, 7) is 4.31. The van der Waals surface area contributed by atoms with E-state index in [-0.39, 0.29) is 30.9 Å². The van der Waals surface area contributed by atoms with Crippen LogP contribution in [0, 0.1) is 5.92 Å². The summed E-state index contributed by atoms with van der Waals surface area (Å²) in [7, 11) is 4.88. The molecule has 2 amide bonds. The Morgan fingerprint density at radius 2 is 1.89 bits per heavy atom. The Bertz CT molecular complexity index is 289. The molecule has 6 heteroatoms. The van der Waals surface area contributed by atoms with Crippen LogP contribution in [-0.4, -0.2) is 56.6 Å². The van der Waals surface area contributed by atoms with E-state index in [2.05, 4.69) is 5.32 Å². The zero-order valence-corrected chi connectivity index (χ0v) is 12.6. The van der Waals surface area contributed by atoms with Gasteiger partial charge in [-0.3, -0.25) is 9.59 Å². The lowest BCUT2D eigenvalue weighted by molar-refractivity contribution is -0.135. The molecular formula is C13H27N3O3. The molecule has 6 nitrogen and oxygen atoms in total. The number of nitrogens with two attached hydrogens (primary N) is 1. The van der Waals surface area contributed by atoms with Crippen molar-refractivity contribution in [2.24, 2.45) is 11.7 Å².